The Morgan fingerprint density at radius 3 is 2.48 bits per heavy atom. The van der Waals surface area contributed by atoms with Gasteiger partial charge >= 0.3 is 0 Å². The van der Waals surface area contributed by atoms with Gasteiger partial charge in [0.2, 0.25) is 0 Å². The van der Waals surface area contributed by atoms with Crippen molar-refractivity contribution in [2.75, 3.05) is 0 Å². The molecule has 1 N–H and O–H groups in total. The lowest BCUT2D eigenvalue weighted by atomic mass is 9.80. The summed E-state index contributed by atoms with van der Waals surface area (Å²) < 4.78 is 0. The Hall–Kier alpha value is -1.41. The van der Waals surface area contributed by atoms with Gasteiger partial charge in [0.25, 0.3) is 0 Å². The molecule has 114 valence electrons. The minimum Gasteiger partial charge on any atom is -0.389 e. The fourth-order valence-electron chi connectivity index (χ4n) is 3.12. The van der Waals surface area contributed by atoms with Gasteiger partial charge in [-0.2, -0.15) is 0 Å². The number of ketones is 1. The fraction of sp³-hybridized carbons (Fsp3) is 0.526. The molecule has 2 heteroatoms. The summed E-state index contributed by atoms with van der Waals surface area (Å²) in [5.41, 5.74) is -0.131. The Kier molecular flexibility index (Phi) is 4.38. The molecule has 2 rings (SSSR count). The summed E-state index contributed by atoms with van der Waals surface area (Å²) in [6.07, 6.45) is 5.83. The van der Waals surface area contributed by atoms with Crippen LogP contribution >= 0.6 is 0 Å². The summed E-state index contributed by atoms with van der Waals surface area (Å²) in [5, 5.41) is 10.6. The first kappa shape index (κ1) is 16.0. The van der Waals surface area contributed by atoms with Crippen molar-refractivity contribution in [1.29, 1.82) is 0 Å². The highest BCUT2D eigenvalue weighted by Gasteiger charge is 2.47. The van der Waals surface area contributed by atoms with Crippen LogP contribution in [0.25, 0.3) is 0 Å². The van der Waals surface area contributed by atoms with E-state index in [0.717, 1.165) is 6.42 Å². The Balaban J connectivity index is 2.28. The molecule has 1 aromatic carbocycles. The van der Waals surface area contributed by atoms with Crippen LogP contribution in [0.3, 0.4) is 0 Å². The molecule has 1 fully saturated rings. The number of rotatable bonds is 3. The molecule has 0 aromatic heterocycles. The number of hydrogen-bond acceptors (Lipinski definition) is 2. The van der Waals surface area contributed by atoms with Gasteiger partial charge < -0.3 is 5.11 Å². The molecule has 1 aromatic rings. The van der Waals surface area contributed by atoms with Gasteiger partial charge in [-0.25, -0.2) is 0 Å². The van der Waals surface area contributed by atoms with E-state index in [1.54, 1.807) is 6.92 Å². The van der Waals surface area contributed by atoms with Crippen molar-refractivity contribution in [3.63, 3.8) is 0 Å². The quantitative estimate of drug-likeness (QED) is 0.666. The molecule has 3 atom stereocenters. The first-order valence-corrected chi connectivity index (χ1v) is 7.72. The Labute approximate surface area is 127 Å². The summed E-state index contributed by atoms with van der Waals surface area (Å²) in [6.45, 7) is 8.23. The zero-order chi connectivity index (χ0) is 15.7. The average molecular weight is 286 g/mol. The molecule has 0 radical (unpaired) electrons. The van der Waals surface area contributed by atoms with E-state index in [1.165, 1.54) is 0 Å². The molecule has 0 spiro atoms. The molecule has 1 saturated carbocycles. The van der Waals surface area contributed by atoms with Crippen LogP contribution in [-0.4, -0.2) is 16.5 Å². The third kappa shape index (κ3) is 3.82. The van der Waals surface area contributed by atoms with Gasteiger partial charge in [-0.05, 0) is 31.1 Å². The summed E-state index contributed by atoms with van der Waals surface area (Å²) in [7, 11) is 0. The van der Waals surface area contributed by atoms with E-state index >= 15 is 0 Å². The number of hydrogen-bond donors (Lipinski definition) is 1. The van der Waals surface area contributed by atoms with Crippen molar-refractivity contribution >= 4 is 5.78 Å². The summed E-state index contributed by atoms with van der Waals surface area (Å²) in [6, 6.07) is 9.32. The van der Waals surface area contributed by atoms with Gasteiger partial charge in [-0.15, -0.1) is 0 Å². The lowest BCUT2D eigenvalue weighted by Gasteiger charge is -2.27. The first-order chi connectivity index (χ1) is 9.71. The molecule has 2 nitrogen and oxygen atoms in total. The van der Waals surface area contributed by atoms with Crippen LogP contribution in [-0.2, 0) is 0 Å². The minimum atomic E-state index is -0.917. The SMILES string of the molecule is CC(C)(C)/C=C/[C@H]1CC[C@](C)(O)[C@@H]1C(=O)c1ccccc1. The highest BCUT2D eigenvalue weighted by atomic mass is 16.3. The van der Waals surface area contributed by atoms with Crippen molar-refractivity contribution in [2.24, 2.45) is 17.3 Å². The summed E-state index contributed by atoms with van der Waals surface area (Å²) >= 11 is 0. The number of aliphatic hydroxyl groups is 1. The predicted molar refractivity (Wildman–Crippen MR) is 86.2 cm³/mol. The van der Waals surface area contributed by atoms with E-state index in [0.29, 0.717) is 12.0 Å². The molecule has 1 aliphatic carbocycles. The van der Waals surface area contributed by atoms with Crippen LogP contribution < -0.4 is 0 Å². The maximum absolute atomic E-state index is 12.8. The average Bonchev–Trinajstić information content (AvgIpc) is 2.71. The van der Waals surface area contributed by atoms with E-state index < -0.39 is 5.60 Å². The second-order valence-corrected chi connectivity index (χ2v) is 7.49. The van der Waals surface area contributed by atoms with Gasteiger partial charge in [0.05, 0.1) is 11.5 Å². The molecule has 0 bridgehead atoms. The van der Waals surface area contributed by atoms with Crippen molar-refractivity contribution < 1.29 is 9.90 Å². The fourth-order valence-corrected chi connectivity index (χ4v) is 3.12. The van der Waals surface area contributed by atoms with E-state index in [1.807, 2.05) is 30.3 Å². The standard InChI is InChI=1S/C19H26O2/c1-18(2,3)12-10-14-11-13-19(4,21)16(14)17(20)15-8-6-5-7-9-15/h5-10,12,14,16,21H,11,13H2,1-4H3/b12-10+/t14-,16-,19-/m0/s1. The van der Waals surface area contributed by atoms with E-state index in [4.69, 9.17) is 0 Å². The molecule has 21 heavy (non-hydrogen) atoms. The largest absolute Gasteiger partial charge is 0.389 e. The zero-order valence-corrected chi connectivity index (χ0v) is 13.5. The van der Waals surface area contributed by atoms with E-state index in [-0.39, 0.29) is 23.0 Å². The van der Waals surface area contributed by atoms with Crippen LogP contribution in [0.15, 0.2) is 42.5 Å². The van der Waals surface area contributed by atoms with E-state index in [2.05, 4.69) is 32.9 Å². The number of allylic oxidation sites excluding steroid dienone is 2. The maximum Gasteiger partial charge on any atom is 0.169 e. The molecule has 0 heterocycles. The maximum atomic E-state index is 12.8. The minimum absolute atomic E-state index is 0.0571. The van der Waals surface area contributed by atoms with Gasteiger partial charge in [-0.1, -0.05) is 63.3 Å². The number of carbonyl (C=O) groups excluding carboxylic acids is 1. The molecule has 0 aliphatic heterocycles. The van der Waals surface area contributed by atoms with Crippen LogP contribution in [0.1, 0.15) is 50.9 Å². The van der Waals surface area contributed by atoms with Crippen LogP contribution in [0, 0.1) is 17.3 Å². The van der Waals surface area contributed by atoms with Crippen molar-refractivity contribution in [3.05, 3.63) is 48.0 Å². The lowest BCUT2D eigenvalue weighted by Crippen LogP contribution is -2.37. The molecule has 1 aliphatic rings. The van der Waals surface area contributed by atoms with Gasteiger partial charge in [-0.3, -0.25) is 4.79 Å². The predicted octanol–water partition coefficient (Wildman–Crippen LogP) is 4.25. The Bertz CT molecular complexity index is 520. The van der Waals surface area contributed by atoms with Crippen LogP contribution in [0.5, 0.6) is 0 Å². The Morgan fingerprint density at radius 1 is 1.29 bits per heavy atom. The third-order valence-corrected chi connectivity index (χ3v) is 4.27. The summed E-state index contributed by atoms with van der Waals surface area (Å²) in [5.74, 6) is -0.174. The van der Waals surface area contributed by atoms with Crippen molar-refractivity contribution in [1.82, 2.24) is 0 Å². The molecule has 0 saturated heterocycles. The molecular formula is C19H26O2. The first-order valence-electron chi connectivity index (χ1n) is 7.72. The number of Topliss-reactive ketones (excluding diaryl/α,β-unsaturated/α-hetero) is 1. The highest BCUT2D eigenvalue weighted by Crippen LogP contribution is 2.43. The normalized spacial score (nSPS) is 30.0. The highest BCUT2D eigenvalue weighted by molar-refractivity contribution is 5.99. The molecule has 0 unspecified atom stereocenters. The van der Waals surface area contributed by atoms with E-state index in [9.17, 15) is 9.90 Å². The topological polar surface area (TPSA) is 37.3 Å². The van der Waals surface area contributed by atoms with Gasteiger partial charge in [0.15, 0.2) is 5.78 Å². The number of carbonyl (C=O) groups is 1. The second kappa shape index (κ2) is 5.76. The smallest absolute Gasteiger partial charge is 0.169 e. The Morgan fingerprint density at radius 2 is 1.90 bits per heavy atom. The third-order valence-electron chi connectivity index (χ3n) is 4.27. The van der Waals surface area contributed by atoms with Gasteiger partial charge in [0.1, 0.15) is 0 Å². The zero-order valence-electron chi connectivity index (χ0n) is 13.5. The van der Waals surface area contributed by atoms with Crippen LogP contribution in [0.2, 0.25) is 0 Å². The summed E-state index contributed by atoms with van der Waals surface area (Å²) in [4.78, 5) is 12.8. The van der Waals surface area contributed by atoms with Crippen molar-refractivity contribution in [2.45, 2.75) is 46.1 Å². The molecular weight excluding hydrogens is 260 g/mol. The number of benzene rings is 1. The second-order valence-electron chi connectivity index (χ2n) is 7.49. The van der Waals surface area contributed by atoms with Crippen molar-refractivity contribution in [3.8, 4) is 0 Å². The molecule has 0 amide bonds. The van der Waals surface area contributed by atoms with Gasteiger partial charge in [0, 0.05) is 5.56 Å². The lowest BCUT2D eigenvalue weighted by molar-refractivity contribution is 0.0175. The monoisotopic (exact) mass is 286 g/mol. The van der Waals surface area contributed by atoms with Crippen LogP contribution in [0.4, 0.5) is 0 Å².